The van der Waals surface area contributed by atoms with Gasteiger partial charge in [0, 0.05) is 24.9 Å². The predicted molar refractivity (Wildman–Crippen MR) is 82.6 cm³/mol. The van der Waals surface area contributed by atoms with E-state index in [1.54, 1.807) is 24.9 Å². The molecule has 1 amide bonds. The molecule has 110 valence electrons. The third-order valence-corrected chi connectivity index (χ3v) is 3.83. The van der Waals surface area contributed by atoms with E-state index in [0.717, 1.165) is 11.5 Å². The highest BCUT2D eigenvalue weighted by Crippen LogP contribution is 2.27. The number of nitrogens with zero attached hydrogens (tertiary/aromatic N) is 1. The van der Waals surface area contributed by atoms with Crippen molar-refractivity contribution in [2.24, 2.45) is 0 Å². The minimum Gasteiger partial charge on any atom is -0.382 e. The van der Waals surface area contributed by atoms with E-state index in [1.807, 2.05) is 6.92 Å². The molecule has 0 saturated heterocycles. The highest BCUT2D eigenvalue weighted by molar-refractivity contribution is 7.99. The Morgan fingerprint density at radius 3 is 2.75 bits per heavy atom. The Balaban J connectivity index is 2.93. The van der Waals surface area contributed by atoms with Crippen molar-refractivity contribution in [3.05, 3.63) is 33.9 Å². The maximum atomic E-state index is 12.2. The molecule has 1 aromatic carbocycles. The molecular formula is C13H19N3O3S. The first-order valence-corrected chi connectivity index (χ1v) is 7.50. The van der Waals surface area contributed by atoms with Crippen molar-refractivity contribution in [2.75, 3.05) is 23.9 Å². The van der Waals surface area contributed by atoms with Gasteiger partial charge in [0.15, 0.2) is 0 Å². The fourth-order valence-electron chi connectivity index (χ4n) is 1.78. The summed E-state index contributed by atoms with van der Waals surface area (Å²) in [5, 5.41) is 16.5. The summed E-state index contributed by atoms with van der Waals surface area (Å²) in [5.41, 5.74) is 0.427. The number of thioether (sulfide) groups is 1. The van der Waals surface area contributed by atoms with Gasteiger partial charge in [-0.25, -0.2) is 0 Å². The summed E-state index contributed by atoms with van der Waals surface area (Å²) in [6.07, 6.45) is 0. The molecule has 20 heavy (non-hydrogen) atoms. The second kappa shape index (κ2) is 7.74. The van der Waals surface area contributed by atoms with Crippen molar-refractivity contribution < 1.29 is 9.72 Å². The largest absolute Gasteiger partial charge is 0.382 e. The second-order valence-electron chi connectivity index (χ2n) is 4.24. The normalized spacial score (nSPS) is 11.8. The van der Waals surface area contributed by atoms with Gasteiger partial charge in [0.2, 0.25) is 0 Å². The van der Waals surface area contributed by atoms with Crippen LogP contribution in [0.15, 0.2) is 18.2 Å². The van der Waals surface area contributed by atoms with Crippen LogP contribution in [0, 0.1) is 10.1 Å². The first-order valence-electron chi connectivity index (χ1n) is 6.35. The van der Waals surface area contributed by atoms with Gasteiger partial charge in [-0.2, -0.15) is 11.8 Å². The average Bonchev–Trinajstić information content (AvgIpc) is 2.43. The number of anilines is 1. The molecule has 1 atom stereocenters. The second-order valence-corrected chi connectivity index (χ2v) is 5.56. The number of hydrogen-bond acceptors (Lipinski definition) is 5. The standard InChI is InChI=1S/C13H19N3O3S/c1-4-20-8-9(2)15-13(17)10-6-5-7-11(16(18)19)12(10)14-3/h5-7,9,14H,4,8H2,1-3H3,(H,15,17). The smallest absolute Gasteiger partial charge is 0.293 e. The van der Waals surface area contributed by atoms with E-state index in [9.17, 15) is 14.9 Å². The van der Waals surface area contributed by atoms with E-state index >= 15 is 0 Å². The van der Waals surface area contributed by atoms with Crippen molar-refractivity contribution in [3.63, 3.8) is 0 Å². The van der Waals surface area contributed by atoms with E-state index < -0.39 is 4.92 Å². The van der Waals surface area contributed by atoms with E-state index in [0.29, 0.717) is 0 Å². The Morgan fingerprint density at radius 1 is 1.50 bits per heavy atom. The van der Waals surface area contributed by atoms with Crippen LogP contribution < -0.4 is 10.6 Å². The molecule has 7 heteroatoms. The first-order chi connectivity index (χ1) is 9.51. The van der Waals surface area contributed by atoms with Gasteiger partial charge in [0.1, 0.15) is 5.69 Å². The zero-order valence-electron chi connectivity index (χ0n) is 11.8. The molecule has 0 bridgehead atoms. The van der Waals surface area contributed by atoms with Crippen LogP contribution in [-0.4, -0.2) is 35.4 Å². The van der Waals surface area contributed by atoms with E-state index in [-0.39, 0.29) is 28.9 Å². The van der Waals surface area contributed by atoms with Crippen LogP contribution in [0.1, 0.15) is 24.2 Å². The summed E-state index contributed by atoms with van der Waals surface area (Å²) < 4.78 is 0. The van der Waals surface area contributed by atoms with Crippen molar-refractivity contribution in [1.29, 1.82) is 0 Å². The molecule has 0 aromatic heterocycles. The number of carbonyl (C=O) groups excluding carboxylic acids is 1. The molecule has 2 N–H and O–H groups in total. The highest BCUT2D eigenvalue weighted by atomic mass is 32.2. The molecule has 1 rings (SSSR count). The van der Waals surface area contributed by atoms with Crippen LogP contribution >= 0.6 is 11.8 Å². The molecule has 0 fully saturated rings. The lowest BCUT2D eigenvalue weighted by atomic mass is 10.1. The third kappa shape index (κ3) is 4.12. The van der Waals surface area contributed by atoms with Crippen LogP contribution in [0.25, 0.3) is 0 Å². The zero-order chi connectivity index (χ0) is 15.1. The lowest BCUT2D eigenvalue weighted by molar-refractivity contribution is -0.384. The SMILES string of the molecule is CCSCC(C)NC(=O)c1cccc([N+](=O)[O-])c1NC. The number of para-hydroxylation sites is 1. The lowest BCUT2D eigenvalue weighted by Gasteiger charge is -2.15. The molecule has 1 aromatic rings. The van der Waals surface area contributed by atoms with E-state index in [1.165, 1.54) is 12.1 Å². The van der Waals surface area contributed by atoms with Crippen molar-refractivity contribution >= 4 is 29.0 Å². The third-order valence-electron chi connectivity index (χ3n) is 2.68. The Kier molecular flexibility index (Phi) is 6.30. The number of benzene rings is 1. The maximum absolute atomic E-state index is 12.2. The minimum absolute atomic E-state index is 0.0106. The molecule has 0 spiro atoms. The number of nitro groups is 1. The van der Waals surface area contributed by atoms with Crippen molar-refractivity contribution in [2.45, 2.75) is 19.9 Å². The van der Waals surface area contributed by atoms with Crippen LogP contribution in [0.4, 0.5) is 11.4 Å². The molecular weight excluding hydrogens is 278 g/mol. The molecule has 0 radical (unpaired) electrons. The Hall–Kier alpha value is -1.76. The van der Waals surface area contributed by atoms with E-state index in [2.05, 4.69) is 17.6 Å². The molecule has 0 aliphatic carbocycles. The summed E-state index contributed by atoms with van der Waals surface area (Å²) in [4.78, 5) is 22.6. The molecule has 1 unspecified atom stereocenters. The van der Waals surface area contributed by atoms with Gasteiger partial charge in [-0.05, 0) is 18.7 Å². The minimum atomic E-state index is -0.501. The van der Waals surface area contributed by atoms with Gasteiger partial charge in [-0.1, -0.05) is 13.0 Å². The molecule has 0 aliphatic rings. The summed E-state index contributed by atoms with van der Waals surface area (Å²) in [6, 6.07) is 4.48. The zero-order valence-corrected chi connectivity index (χ0v) is 12.6. The van der Waals surface area contributed by atoms with Crippen LogP contribution in [0.5, 0.6) is 0 Å². The average molecular weight is 297 g/mol. The van der Waals surface area contributed by atoms with Gasteiger partial charge in [-0.3, -0.25) is 14.9 Å². The lowest BCUT2D eigenvalue weighted by Crippen LogP contribution is -2.34. The Morgan fingerprint density at radius 2 is 2.20 bits per heavy atom. The predicted octanol–water partition coefficient (Wildman–Crippen LogP) is 2.51. The Labute approximate surface area is 122 Å². The number of rotatable bonds is 7. The van der Waals surface area contributed by atoms with Gasteiger partial charge in [-0.15, -0.1) is 0 Å². The number of nitrogens with one attached hydrogen (secondary N) is 2. The van der Waals surface area contributed by atoms with Crippen LogP contribution in [-0.2, 0) is 0 Å². The first kappa shape index (κ1) is 16.3. The monoisotopic (exact) mass is 297 g/mol. The van der Waals surface area contributed by atoms with Gasteiger partial charge >= 0.3 is 0 Å². The summed E-state index contributed by atoms with van der Waals surface area (Å²) in [7, 11) is 1.56. The topological polar surface area (TPSA) is 84.3 Å². The van der Waals surface area contributed by atoms with Gasteiger partial charge in [0.05, 0.1) is 10.5 Å². The molecule has 0 aliphatic heterocycles. The number of carbonyl (C=O) groups is 1. The Bertz CT molecular complexity index is 494. The summed E-state index contributed by atoms with van der Waals surface area (Å²) in [6.45, 7) is 3.97. The van der Waals surface area contributed by atoms with Gasteiger partial charge in [0.25, 0.3) is 11.6 Å². The molecule has 0 heterocycles. The van der Waals surface area contributed by atoms with Crippen molar-refractivity contribution in [3.8, 4) is 0 Å². The summed E-state index contributed by atoms with van der Waals surface area (Å²) >= 11 is 1.73. The van der Waals surface area contributed by atoms with Gasteiger partial charge < -0.3 is 10.6 Å². The maximum Gasteiger partial charge on any atom is 0.293 e. The molecule has 0 saturated carbocycles. The number of nitro benzene ring substituents is 1. The molecule has 6 nitrogen and oxygen atoms in total. The fourth-order valence-corrected chi connectivity index (χ4v) is 2.45. The van der Waals surface area contributed by atoms with Crippen LogP contribution in [0.2, 0.25) is 0 Å². The number of hydrogen-bond donors (Lipinski definition) is 2. The van der Waals surface area contributed by atoms with Crippen molar-refractivity contribution in [1.82, 2.24) is 5.32 Å². The highest BCUT2D eigenvalue weighted by Gasteiger charge is 2.21. The number of amides is 1. The quantitative estimate of drug-likeness (QED) is 0.596. The van der Waals surface area contributed by atoms with E-state index in [4.69, 9.17) is 0 Å². The fraction of sp³-hybridized carbons (Fsp3) is 0.462. The summed E-state index contributed by atoms with van der Waals surface area (Å²) in [5.74, 6) is 1.49. The van der Waals surface area contributed by atoms with Crippen LogP contribution in [0.3, 0.4) is 0 Å².